The Morgan fingerprint density at radius 2 is 1.59 bits per heavy atom. The van der Waals surface area contributed by atoms with Gasteiger partial charge in [-0.05, 0) is 65.5 Å². The zero-order chi connectivity index (χ0) is 19.2. The summed E-state index contributed by atoms with van der Waals surface area (Å²) in [5.41, 5.74) is 3.63. The summed E-state index contributed by atoms with van der Waals surface area (Å²) >= 11 is 0. The number of rotatable bonds is 8. The van der Waals surface area contributed by atoms with Gasteiger partial charge in [0.15, 0.2) is 11.6 Å². The van der Waals surface area contributed by atoms with Crippen molar-refractivity contribution in [2.45, 2.75) is 45.4 Å². The summed E-state index contributed by atoms with van der Waals surface area (Å²) in [7, 11) is 0. The summed E-state index contributed by atoms with van der Waals surface area (Å²) in [4.78, 5) is 0. The lowest BCUT2D eigenvalue weighted by Crippen LogP contribution is -1.97. The fraction of sp³-hybridized carbons (Fsp3) is 0.280. The van der Waals surface area contributed by atoms with Crippen molar-refractivity contribution < 1.29 is 8.78 Å². The van der Waals surface area contributed by atoms with Crippen molar-refractivity contribution in [3.8, 4) is 11.1 Å². The average molecular weight is 364 g/mol. The fourth-order valence-corrected chi connectivity index (χ4v) is 3.44. The smallest absolute Gasteiger partial charge is 0.166 e. The van der Waals surface area contributed by atoms with Crippen molar-refractivity contribution in [3.63, 3.8) is 0 Å². The number of benzene rings is 3. The van der Waals surface area contributed by atoms with Gasteiger partial charge in [0.05, 0.1) is 0 Å². The summed E-state index contributed by atoms with van der Waals surface area (Å²) in [6.07, 6.45) is 7.37. The molecule has 2 heteroatoms. The average Bonchev–Trinajstić information content (AvgIpc) is 2.70. The normalized spacial score (nSPS) is 11.1. The molecule has 0 N–H and O–H groups in total. The van der Waals surface area contributed by atoms with E-state index in [4.69, 9.17) is 0 Å². The van der Waals surface area contributed by atoms with Crippen LogP contribution in [0, 0.1) is 11.6 Å². The molecule has 3 aromatic carbocycles. The second-order valence-electron chi connectivity index (χ2n) is 7.08. The van der Waals surface area contributed by atoms with E-state index < -0.39 is 11.6 Å². The van der Waals surface area contributed by atoms with Gasteiger partial charge in [0.2, 0.25) is 0 Å². The largest absolute Gasteiger partial charge is 0.203 e. The van der Waals surface area contributed by atoms with E-state index >= 15 is 0 Å². The van der Waals surface area contributed by atoms with Crippen LogP contribution in [0.2, 0.25) is 0 Å². The van der Waals surface area contributed by atoms with E-state index in [2.05, 4.69) is 25.6 Å². The topological polar surface area (TPSA) is 0 Å². The summed E-state index contributed by atoms with van der Waals surface area (Å²) in [5, 5.41) is 1.10. The van der Waals surface area contributed by atoms with E-state index in [1.165, 1.54) is 5.56 Å². The Kier molecular flexibility index (Phi) is 6.39. The third-order valence-corrected chi connectivity index (χ3v) is 5.07. The van der Waals surface area contributed by atoms with Crippen LogP contribution < -0.4 is 0 Å². The second kappa shape index (κ2) is 8.94. The molecule has 0 aliphatic carbocycles. The number of aryl methyl sites for hydroxylation is 2. The number of halogens is 2. The third kappa shape index (κ3) is 4.44. The van der Waals surface area contributed by atoms with Crippen LogP contribution in [-0.4, -0.2) is 0 Å². The molecule has 27 heavy (non-hydrogen) atoms. The van der Waals surface area contributed by atoms with Crippen LogP contribution >= 0.6 is 0 Å². The van der Waals surface area contributed by atoms with Crippen molar-refractivity contribution in [3.05, 3.63) is 83.9 Å². The number of unbranched alkanes of at least 4 members (excludes halogenated alkanes) is 2. The van der Waals surface area contributed by atoms with E-state index in [-0.39, 0.29) is 0 Å². The van der Waals surface area contributed by atoms with Crippen molar-refractivity contribution in [2.24, 2.45) is 0 Å². The molecule has 0 amide bonds. The van der Waals surface area contributed by atoms with Crippen LogP contribution in [0.4, 0.5) is 8.78 Å². The molecule has 3 aromatic rings. The van der Waals surface area contributed by atoms with Gasteiger partial charge < -0.3 is 0 Å². The molecule has 0 saturated heterocycles. The zero-order valence-corrected chi connectivity index (χ0v) is 15.9. The maximum atomic E-state index is 14.7. The molecule has 0 heterocycles. The number of allylic oxidation sites excluding steroid dienone is 1. The van der Waals surface area contributed by atoms with Crippen LogP contribution in [0.1, 0.15) is 43.7 Å². The van der Waals surface area contributed by atoms with Gasteiger partial charge in [-0.2, -0.15) is 0 Å². The van der Waals surface area contributed by atoms with Gasteiger partial charge in [0.25, 0.3) is 0 Å². The summed E-state index contributed by atoms with van der Waals surface area (Å²) in [5.74, 6) is -1.43. The molecular formula is C25H26F2. The standard InChI is InChI=1S/C25H26F2/c1-3-5-7-9-22-16-21-15-14-20(17-23(21)25(27)24(22)26)19-12-10-18(11-13-19)8-6-4-2/h4,10-17H,2-3,5-9H2,1H3. The van der Waals surface area contributed by atoms with Crippen molar-refractivity contribution >= 4 is 10.8 Å². The molecule has 0 saturated carbocycles. The van der Waals surface area contributed by atoms with E-state index in [0.29, 0.717) is 17.4 Å². The summed E-state index contributed by atoms with van der Waals surface area (Å²) < 4.78 is 29.2. The van der Waals surface area contributed by atoms with Crippen molar-refractivity contribution in [2.75, 3.05) is 0 Å². The Balaban J connectivity index is 1.91. The Morgan fingerprint density at radius 3 is 2.30 bits per heavy atom. The van der Waals surface area contributed by atoms with E-state index in [1.807, 2.05) is 30.3 Å². The van der Waals surface area contributed by atoms with E-state index in [1.54, 1.807) is 12.1 Å². The van der Waals surface area contributed by atoms with Gasteiger partial charge in [-0.25, -0.2) is 8.78 Å². The molecule has 0 aromatic heterocycles. The number of hydrogen-bond donors (Lipinski definition) is 0. The minimum absolute atomic E-state index is 0.347. The van der Waals surface area contributed by atoms with Gasteiger partial charge in [0, 0.05) is 5.39 Å². The van der Waals surface area contributed by atoms with Crippen LogP contribution in [-0.2, 0) is 12.8 Å². The first-order chi connectivity index (χ1) is 13.1. The minimum Gasteiger partial charge on any atom is -0.203 e. The molecule has 0 aliphatic heterocycles. The molecule has 3 rings (SSSR count). The molecule has 0 spiro atoms. The molecule has 0 bridgehead atoms. The first-order valence-electron chi connectivity index (χ1n) is 9.75. The highest BCUT2D eigenvalue weighted by molar-refractivity contribution is 5.88. The molecule has 0 radical (unpaired) electrons. The van der Waals surface area contributed by atoms with Crippen LogP contribution in [0.15, 0.2) is 61.2 Å². The van der Waals surface area contributed by atoms with Gasteiger partial charge in [0.1, 0.15) is 0 Å². The highest BCUT2D eigenvalue weighted by Crippen LogP contribution is 2.30. The quantitative estimate of drug-likeness (QED) is 0.285. The highest BCUT2D eigenvalue weighted by atomic mass is 19.2. The Hall–Kier alpha value is -2.48. The number of hydrogen-bond acceptors (Lipinski definition) is 0. The van der Waals surface area contributed by atoms with E-state index in [9.17, 15) is 8.78 Å². The first-order valence-corrected chi connectivity index (χ1v) is 9.75. The van der Waals surface area contributed by atoms with Gasteiger partial charge in [-0.3, -0.25) is 0 Å². The lowest BCUT2D eigenvalue weighted by molar-refractivity contribution is 0.504. The Bertz CT molecular complexity index is 923. The predicted octanol–water partition coefficient (Wildman–Crippen LogP) is 7.64. The predicted molar refractivity (Wildman–Crippen MR) is 111 cm³/mol. The molecule has 140 valence electrons. The van der Waals surface area contributed by atoms with Gasteiger partial charge in [-0.15, -0.1) is 6.58 Å². The van der Waals surface area contributed by atoms with Gasteiger partial charge >= 0.3 is 0 Å². The Labute approximate surface area is 160 Å². The summed E-state index contributed by atoms with van der Waals surface area (Å²) in [6.45, 7) is 5.85. The zero-order valence-electron chi connectivity index (χ0n) is 15.9. The maximum Gasteiger partial charge on any atom is 0.166 e. The monoisotopic (exact) mass is 364 g/mol. The fourth-order valence-electron chi connectivity index (χ4n) is 3.44. The summed E-state index contributed by atoms with van der Waals surface area (Å²) in [6, 6.07) is 15.7. The van der Waals surface area contributed by atoms with E-state index in [0.717, 1.165) is 48.6 Å². The van der Waals surface area contributed by atoms with Crippen LogP contribution in [0.3, 0.4) is 0 Å². The maximum absolute atomic E-state index is 14.7. The SMILES string of the molecule is C=CCCc1ccc(-c2ccc3cc(CCCCC)c(F)c(F)c3c2)cc1. The molecule has 0 unspecified atom stereocenters. The minimum atomic E-state index is -0.733. The highest BCUT2D eigenvalue weighted by Gasteiger charge is 2.14. The third-order valence-electron chi connectivity index (χ3n) is 5.07. The molecule has 0 atom stereocenters. The Morgan fingerprint density at radius 1 is 0.852 bits per heavy atom. The lowest BCUT2D eigenvalue weighted by atomic mass is 9.96. The number of fused-ring (bicyclic) bond motifs is 1. The second-order valence-corrected chi connectivity index (χ2v) is 7.08. The first kappa shape index (κ1) is 19.3. The van der Waals surface area contributed by atoms with Crippen LogP contribution in [0.25, 0.3) is 21.9 Å². The molecule has 0 nitrogen and oxygen atoms in total. The molecule has 0 aliphatic rings. The molecule has 0 fully saturated rings. The molecular weight excluding hydrogens is 338 g/mol. The van der Waals surface area contributed by atoms with Gasteiger partial charge in [-0.1, -0.05) is 62.2 Å². The lowest BCUT2D eigenvalue weighted by Gasteiger charge is -2.10. The van der Waals surface area contributed by atoms with Crippen LogP contribution in [0.5, 0.6) is 0 Å². The van der Waals surface area contributed by atoms with Crippen molar-refractivity contribution in [1.29, 1.82) is 0 Å². The van der Waals surface area contributed by atoms with Crippen molar-refractivity contribution in [1.82, 2.24) is 0 Å².